The predicted molar refractivity (Wildman–Crippen MR) is 107 cm³/mol. The highest BCUT2D eigenvalue weighted by Crippen LogP contribution is 2.43. The number of rotatable bonds is 3. The standard InChI is InChI=1S/C22H15F3N2O5/c23-22(24,25)21-20(31-14-11-26-27(12-14)13-5-2-1-3-6-13)17(28)15-7-8-16-19(18(15)32-21)30-10-4-9-29-16/h1-3,5-8,11-12H,4,9-10H2. The molecule has 0 spiro atoms. The zero-order chi connectivity index (χ0) is 22.3. The summed E-state index contributed by atoms with van der Waals surface area (Å²) >= 11 is 0. The van der Waals surface area contributed by atoms with Gasteiger partial charge in [-0.2, -0.15) is 18.3 Å². The molecule has 0 fully saturated rings. The Morgan fingerprint density at radius 2 is 1.81 bits per heavy atom. The Morgan fingerprint density at radius 3 is 2.59 bits per heavy atom. The average molecular weight is 444 g/mol. The molecule has 0 aliphatic carbocycles. The molecule has 0 amide bonds. The third-order valence-electron chi connectivity index (χ3n) is 4.79. The van der Waals surface area contributed by atoms with Crippen LogP contribution in [0.5, 0.6) is 23.0 Å². The molecule has 5 rings (SSSR count). The molecule has 0 saturated carbocycles. The smallest absolute Gasteiger partial charge is 0.453 e. The summed E-state index contributed by atoms with van der Waals surface area (Å²) in [6.07, 6.45) is -1.87. The van der Waals surface area contributed by atoms with Crippen LogP contribution >= 0.6 is 0 Å². The third kappa shape index (κ3) is 3.53. The van der Waals surface area contributed by atoms with Crippen molar-refractivity contribution in [3.63, 3.8) is 0 Å². The van der Waals surface area contributed by atoms with Crippen molar-refractivity contribution in [1.82, 2.24) is 9.78 Å². The number of nitrogens with zero attached hydrogens (tertiary/aromatic N) is 2. The first-order valence-corrected chi connectivity index (χ1v) is 9.66. The minimum absolute atomic E-state index is 0.0361. The molecule has 0 unspecified atom stereocenters. The Labute approximate surface area is 178 Å². The molecular weight excluding hydrogens is 429 g/mol. The van der Waals surface area contributed by atoms with Crippen molar-refractivity contribution in [3.05, 3.63) is 70.8 Å². The lowest BCUT2D eigenvalue weighted by atomic mass is 10.1. The summed E-state index contributed by atoms with van der Waals surface area (Å²) in [4.78, 5) is 13.0. The summed E-state index contributed by atoms with van der Waals surface area (Å²) in [5, 5.41) is 3.96. The second kappa shape index (κ2) is 7.63. The highest BCUT2D eigenvalue weighted by molar-refractivity contribution is 5.86. The number of halogens is 3. The molecule has 7 nitrogen and oxygen atoms in total. The first kappa shape index (κ1) is 20.0. The van der Waals surface area contributed by atoms with Gasteiger partial charge in [0.15, 0.2) is 17.1 Å². The highest BCUT2D eigenvalue weighted by Gasteiger charge is 2.41. The van der Waals surface area contributed by atoms with Gasteiger partial charge >= 0.3 is 6.18 Å². The van der Waals surface area contributed by atoms with Gasteiger partial charge in [0.2, 0.25) is 16.9 Å². The SMILES string of the molecule is O=c1c(Oc2cnn(-c3ccccc3)c2)c(C(F)(F)F)oc2c3c(ccc12)OCCCO3. The van der Waals surface area contributed by atoms with E-state index >= 15 is 0 Å². The molecule has 0 N–H and O–H groups in total. The number of benzene rings is 2. The van der Waals surface area contributed by atoms with E-state index in [0.29, 0.717) is 18.7 Å². The highest BCUT2D eigenvalue weighted by atomic mass is 19.4. The second-order valence-corrected chi connectivity index (χ2v) is 6.97. The van der Waals surface area contributed by atoms with Gasteiger partial charge in [-0.05, 0) is 24.3 Å². The van der Waals surface area contributed by atoms with E-state index in [0.717, 1.165) is 0 Å². The van der Waals surface area contributed by atoms with E-state index in [9.17, 15) is 18.0 Å². The topological polar surface area (TPSA) is 75.7 Å². The van der Waals surface area contributed by atoms with Crippen LogP contribution in [0.25, 0.3) is 16.7 Å². The van der Waals surface area contributed by atoms with Crippen molar-refractivity contribution in [2.45, 2.75) is 12.6 Å². The van der Waals surface area contributed by atoms with E-state index in [-0.39, 0.29) is 34.8 Å². The molecule has 3 heterocycles. The lowest BCUT2D eigenvalue weighted by Gasteiger charge is -2.14. The fraction of sp³-hybridized carbons (Fsp3) is 0.182. The molecule has 1 aliphatic heterocycles. The maximum atomic E-state index is 13.8. The zero-order valence-corrected chi connectivity index (χ0v) is 16.4. The normalized spacial score (nSPS) is 13.7. The van der Waals surface area contributed by atoms with Crippen molar-refractivity contribution in [3.8, 4) is 28.7 Å². The van der Waals surface area contributed by atoms with Crippen LogP contribution in [0.1, 0.15) is 12.2 Å². The second-order valence-electron chi connectivity index (χ2n) is 6.97. The molecule has 32 heavy (non-hydrogen) atoms. The van der Waals surface area contributed by atoms with Gasteiger partial charge in [0.1, 0.15) is 0 Å². The van der Waals surface area contributed by atoms with Crippen molar-refractivity contribution < 1.29 is 31.8 Å². The number of fused-ring (bicyclic) bond motifs is 3. The molecule has 1 aliphatic rings. The van der Waals surface area contributed by atoms with Crippen LogP contribution in [0.3, 0.4) is 0 Å². The molecule has 0 radical (unpaired) electrons. The molecule has 2 aromatic heterocycles. The minimum Gasteiger partial charge on any atom is -0.489 e. The van der Waals surface area contributed by atoms with Gasteiger partial charge in [0, 0.05) is 6.42 Å². The van der Waals surface area contributed by atoms with Crippen LogP contribution < -0.4 is 19.6 Å². The molecule has 10 heteroatoms. The number of ether oxygens (including phenoxy) is 3. The molecule has 0 bridgehead atoms. The van der Waals surface area contributed by atoms with Crippen molar-refractivity contribution in [2.24, 2.45) is 0 Å². The van der Waals surface area contributed by atoms with E-state index in [1.165, 1.54) is 29.2 Å². The monoisotopic (exact) mass is 444 g/mol. The lowest BCUT2D eigenvalue weighted by molar-refractivity contribution is -0.154. The molecule has 4 aromatic rings. The number of para-hydroxylation sites is 1. The van der Waals surface area contributed by atoms with Gasteiger partial charge in [0.05, 0.1) is 36.7 Å². The van der Waals surface area contributed by atoms with Gasteiger partial charge in [-0.25, -0.2) is 4.68 Å². The summed E-state index contributed by atoms with van der Waals surface area (Å²) in [6.45, 7) is 0.551. The number of hydrogen-bond donors (Lipinski definition) is 0. The maximum absolute atomic E-state index is 13.8. The van der Waals surface area contributed by atoms with E-state index < -0.39 is 23.1 Å². The van der Waals surface area contributed by atoms with E-state index in [1.54, 1.807) is 24.3 Å². The van der Waals surface area contributed by atoms with Crippen LogP contribution in [-0.2, 0) is 6.18 Å². The van der Waals surface area contributed by atoms with Crippen molar-refractivity contribution in [1.29, 1.82) is 0 Å². The van der Waals surface area contributed by atoms with Crippen LogP contribution in [0.2, 0.25) is 0 Å². The molecule has 0 saturated heterocycles. The van der Waals surface area contributed by atoms with E-state index in [1.807, 2.05) is 6.07 Å². The predicted octanol–water partition coefficient (Wildman–Crippen LogP) is 4.95. The Morgan fingerprint density at radius 1 is 1.03 bits per heavy atom. The van der Waals surface area contributed by atoms with E-state index in [2.05, 4.69) is 5.10 Å². The van der Waals surface area contributed by atoms with Crippen LogP contribution in [0.4, 0.5) is 13.2 Å². The average Bonchev–Trinajstić information content (AvgIpc) is 3.11. The molecule has 0 atom stereocenters. The van der Waals surface area contributed by atoms with Crippen molar-refractivity contribution in [2.75, 3.05) is 13.2 Å². The largest absolute Gasteiger partial charge is 0.489 e. The first-order valence-electron chi connectivity index (χ1n) is 9.66. The Bertz CT molecular complexity index is 1350. The quantitative estimate of drug-likeness (QED) is 0.445. The van der Waals surface area contributed by atoms with Gasteiger partial charge in [-0.1, -0.05) is 18.2 Å². The van der Waals surface area contributed by atoms with Crippen molar-refractivity contribution >= 4 is 11.0 Å². The zero-order valence-electron chi connectivity index (χ0n) is 16.4. The third-order valence-corrected chi connectivity index (χ3v) is 4.79. The van der Waals surface area contributed by atoms with Gasteiger partial charge in [-0.15, -0.1) is 0 Å². The summed E-state index contributed by atoms with van der Waals surface area (Å²) in [5.74, 6) is -2.42. The summed E-state index contributed by atoms with van der Waals surface area (Å²) in [7, 11) is 0. The fourth-order valence-electron chi connectivity index (χ4n) is 3.34. The Balaban J connectivity index is 1.64. The number of alkyl halides is 3. The lowest BCUT2D eigenvalue weighted by Crippen LogP contribution is -2.15. The Kier molecular flexibility index (Phi) is 4.76. The van der Waals surface area contributed by atoms with Crippen LogP contribution in [-0.4, -0.2) is 23.0 Å². The van der Waals surface area contributed by atoms with E-state index in [4.69, 9.17) is 18.6 Å². The summed E-state index contributed by atoms with van der Waals surface area (Å²) < 4.78 is 64.5. The van der Waals surface area contributed by atoms with Gasteiger partial charge < -0.3 is 18.6 Å². The van der Waals surface area contributed by atoms with Crippen LogP contribution in [0, 0.1) is 0 Å². The molecule has 2 aromatic carbocycles. The van der Waals surface area contributed by atoms with Crippen LogP contribution in [0.15, 0.2) is 64.1 Å². The van der Waals surface area contributed by atoms with Gasteiger partial charge in [-0.3, -0.25) is 4.79 Å². The fourth-order valence-corrected chi connectivity index (χ4v) is 3.34. The van der Waals surface area contributed by atoms with Gasteiger partial charge in [0.25, 0.3) is 5.76 Å². The maximum Gasteiger partial charge on any atom is 0.453 e. The number of aromatic nitrogens is 2. The Hall–Kier alpha value is -3.95. The first-order chi connectivity index (χ1) is 15.4. The molecular formula is C22H15F3N2O5. The summed E-state index contributed by atoms with van der Waals surface area (Å²) in [5.41, 5.74) is -0.653. The summed E-state index contributed by atoms with van der Waals surface area (Å²) in [6, 6.07) is 11.7. The number of hydrogen-bond acceptors (Lipinski definition) is 6. The minimum atomic E-state index is -4.99. The molecule has 164 valence electrons.